The standard InChI is InChI=1S/C28H29F3N4O3/c29-28(30,31)20-11-13-21(14-12-20)38-27(37)34-16-15-22-23(17-34)33-26(32)35(25(22)36)24(18-7-3-1-4-8-18)19-9-5-2-6-10-19/h1-10,20-21,24H,11-17H2,(H2,32,33)/t20-,21-. The number of nitrogens with zero attached hydrogens (tertiary/aromatic N) is 3. The van der Waals surface area contributed by atoms with E-state index in [2.05, 4.69) is 4.98 Å². The third-order valence-electron chi connectivity index (χ3n) is 7.45. The topological polar surface area (TPSA) is 90.5 Å². The average molecular weight is 527 g/mol. The molecule has 0 spiro atoms. The molecular formula is C28H29F3N4O3. The number of nitrogens with two attached hydrogens (primary N) is 1. The Labute approximate surface area is 218 Å². The number of amides is 1. The van der Waals surface area contributed by atoms with E-state index in [1.165, 1.54) is 9.47 Å². The molecule has 1 saturated carbocycles. The minimum Gasteiger partial charge on any atom is -0.446 e. The first-order valence-corrected chi connectivity index (χ1v) is 12.7. The van der Waals surface area contributed by atoms with Crippen molar-refractivity contribution in [2.45, 2.75) is 57.0 Å². The summed E-state index contributed by atoms with van der Waals surface area (Å²) in [6.07, 6.45) is -4.85. The number of halogens is 3. The first-order chi connectivity index (χ1) is 18.2. The number of carbonyl (C=O) groups excluding carboxylic acids is 1. The Bertz CT molecular complexity index is 1300. The predicted octanol–water partition coefficient (Wildman–Crippen LogP) is 5.08. The maximum Gasteiger partial charge on any atom is 0.410 e. The van der Waals surface area contributed by atoms with Gasteiger partial charge < -0.3 is 15.4 Å². The van der Waals surface area contributed by atoms with Crippen LogP contribution >= 0.6 is 0 Å². The highest BCUT2D eigenvalue weighted by Gasteiger charge is 2.42. The molecular weight excluding hydrogens is 497 g/mol. The largest absolute Gasteiger partial charge is 0.446 e. The van der Waals surface area contributed by atoms with Gasteiger partial charge in [0.1, 0.15) is 6.10 Å². The van der Waals surface area contributed by atoms with E-state index in [4.69, 9.17) is 10.5 Å². The van der Waals surface area contributed by atoms with Crippen LogP contribution in [0.5, 0.6) is 0 Å². The van der Waals surface area contributed by atoms with Gasteiger partial charge in [-0.2, -0.15) is 13.2 Å². The van der Waals surface area contributed by atoms with Gasteiger partial charge in [-0.3, -0.25) is 9.36 Å². The Morgan fingerprint density at radius 1 is 0.974 bits per heavy atom. The first-order valence-electron chi connectivity index (χ1n) is 12.7. The third-order valence-corrected chi connectivity index (χ3v) is 7.45. The molecule has 0 unspecified atom stereocenters. The molecule has 5 rings (SSSR count). The lowest BCUT2D eigenvalue weighted by molar-refractivity contribution is -0.186. The number of fused-ring (bicyclic) bond motifs is 1. The quantitative estimate of drug-likeness (QED) is 0.512. The number of hydrogen-bond acceptors (Lipinski definition) is 5. The number of hydrogen-bond donors (Lipinski definition) is 1. The van der Waals surface area contributed by atoms with Crippen molar-refractivity contribution in [1.29, 1.82) is 0 Å². The normalized spacial score (nSPS) is 19.7. The van der Waals surface area contributed by atoms with Gasteiger partial charge in [0.2, 0.25) is 5.95 Å². The second kappa shape index (κ2) is 10.5. The molecule has 3 aromatic rings. The molecule has 7 nitrogen and oxygen atoms in total. The van der Waals surface area contributed by atoms with Crippen LogP contribution in [-0.4, -0.2) is 39.4 Å². The van der Waals surface area contributed by atoms with Crippen molar-refractivity contribution in [2.24, 2.45) is 5.92 Å². The average Bonchev–Trinajstić information content (AvgIpc) is 2.91. The number of nitrogen functional groups attached to an aromatic ring is 1. The molecule has 0 radical (unpaired) electrons. The molecule has 2 aromatic carbocycles. The minimum absolute atomic E-state index is 0.0344. The van der Waals surface area contributed by atoms with Gasteiger partial charge in [-0.25, -0.2) is 9.78 Å². The molecule has 0 bridgehead atoms. The van der Waals surface area contributed by atoms with Crippen LogP contribution in [0.1, 0.15) is 54.1 Å². The van der Waals surface area contributed by atoms with E-state index < -0.39 is 30.3 Å². The van der Waals surface area contributed by atoms with Gasteiger partial charge >= 0.3 is 12.3 Å². The molecule has 0 atom stereocenters. The minimum atomic E-state index is -4.22. The van der Waals surface area contributed by atoms with Crippen molar-refractivity contribution >= 4 is 12.0 Å². The maximum absolute atomic E-state index is 13.7. The van der Waals surface area contributed by atoms with Gasteiger partial charge in [0.25, 0.3) is 5.56 Å². The number of carbonyl (C=O) groups is 1. The summed E-state index contributed by atoms with van der Waals surface area (Å²) < 4.78 is 45.8. The lowest BCUT2D eigenvalue weighted by Gasteiger charge is -2.33. The number of benzene rings is 2. The fourth-order valence-corrected chi connectivity index (χ4v) is 5.41. The molecule has 10 heteroatoms. The van der Waals surface area contributed by atoms with E-state index in [-0.39, 0.29) is 56.7 Å². The summed E-state index contributed by atoms with van der Waals surface area (Å²) in [7, 11) is 0. The Morgan fingerprint density at radius 2 is 1.55 bits per heavy atom. The number of anilines is 1. The molecule has 1 aromatic heterocycles. The van der Waals surface area contributed by atoms with Crippen molar-refractivity contribution in [1.82, 2.24) is 14.5 Å². The summed E-state index contributed by atoms with van der Waals surface area (Å²) in [5.41, 5.74) is 8.78. The van der Waals surface area contributed by atoms with Crippen molar-refractivity contribution in [3.8, 4) is 0 Å². The van der Waals surface area contributed by atoms with E-state index in [0.29, 0.717) is 11.3 Å². The molecule has 0 saturated heterocycles. The summed E-state index contributed by atoms with van der Waals surface area (Å²) in [5, 5.41) is 0. The van der Waals surface area contributed by atoms with Gasteiger partial charge in [-0.15, -0.1) is 0 Å². The summed E-state index contributed by atoms with van der Waals surface area (Å²) in [6, 6.07) is 18.7. The highest BCUT2D eigenvalue weighted by Crippen LogP contribution is 2.38. The van der Waals surface area contributed by atoms with Crippen molar-refractivity contribution in [3.05, 3.63) is 93.4 Å². The van der Waals surface area contributed by atoms with E-state index in [9.17, 15) is 22.8 Å². The Kier molecular flexibility index (Phi) is 7.14. The zero-order valence-corrected chi connectivity index (χ0v) is 20.7. The van der Waals surface area contributed by atoms with Gasteiger partial charge in [0.15, 0.2) is 0 Å². The number of rotatable bonds is 4. The monoisotopic (exact) mass is 526 g/mol. The summed E-state index contributed by atoms with van der Waals surface area (Å²) in [5.74, 6) is -1.31. The van der Waals surface area contributed by atoms with Gasteiger partial charge in [0.05, 0.1) is 24.2 Å². The smallest absolute Gasteiger partial charge is 0.410 e. The Balaban J connectivity index is 1.36. The van der Waals surface area contributed by atoms with Crippen molar-refractivity contribution in [3.63, 3.8) is 0 Å². The zero-order valence-electron chi connectivity index (χ0n) is 20.7. The van der Waals surface area contributed by atoms with Gasteiger partial charge in [-0.05, 0) is 43.2 Å². The lowest BCUT2D eigenvalue weighted by atomic mass is 9.87. The number of ether oxygens (including phenoxy) is 1. The maximum atomic E-state index is 13.7. The fraction of sp³-hybridized carbons (Fsp3) is 0.393. The first kappa shape index (κ1) is 25.8. The molecule has 2 N–H and O–H groups in total. The van der Waals surface area contributed by atoms with Gasteiger partial charge in [0, 0.05) is 12.1 Å². The molecule has 1 aliphatic carbocycles. The molecule has 1 amide bonds. The van der Waals surface area contributed by atoms with E-state index in [1.807, 2.05) is 60.7 Å². The predicted molar refractivity (Wildman–Crippen MR) is 135 cm³/mol. The lowest BCUT2D eigenvalue weighted by Crippen LogP contribution is -2.43. The van der Waals surface area contributed by atoms with Crippen LogP contribution in [0.15, 0.2) is 65.5 Å². The second-order valence-corrected chi connectivity index (χ2v) is 9.86. The SMILES string of the molecule is Nc1nc2c(c(=O)n1C(c1ccccc1)c1ccccc1)CCN(C(=O)O[C@H]1CC[C@H](C(F)(F)F)CC1)C2. The highest BCUT2D eigenvalue weighted by molar-refractivity contribution is 5.68. The fourth-order valence-electron chi connectivity index (χ4n) is 5.41. The van der Waals surface area contributed by atoms with E-state index in [1.54, 1.807) is 0 Å². The molecule has 2 aliphatic rings. The van der Waals surface area contributed by atoms with Crippen LogP contribution < -0.4 is 11.3 Å². The van der Waals surface area contributed by atoms with Crippen LogP contribution in [0.2, 0.25) is 0 Å². The summed E-state index contributed by atoms with van der Waals surface area (Å²) in [4.78, 5) is 32.5. The van der Waals surface area contributed by atoms with Gasteiger partial charge in [-0.1, -0.05) is 60.7 Å². The number of alkyl halides is 3. The van der Waals surface area contributed by atoms with Crippen LogP contribution in [-0.2, 0) is 17.7 Å². The van der Waals surface area contributed by atoms with Crippen molar-refractivity contribution in [2.75, 3.05) is 12.3 Å². The third kappa shape index (κ3) is 5.25. The Morgan fingerprint density at radius 3 is 2.11 bits per heavy atom. The highest BCUT2D eigenvalue weighted by atomic mass is 19.4. The number of aromatic nitrogens is 2. The molecule has 38 heavy (non-hydrogen) atoms. The molecule has 2 heterocycles. The molecule has 1 fully saturated rings. The van der Waals surface area contributed by atoms with E-state index in [0.717, 1.165) is 11.1 Å². The molecule has 200 valence electrons. The second-order valence-electron chi connectivity index (χ2n) is 9.86. The van der Waals surface area contributed by atoms with Crippen LogP contribution in [0.4, 0.5) is 23.9 Å². The Hall–Kier alpha value is -3.82. The summed E-state index contributed by atoms with van der Waals surface area (Å²) >= 11 is 0. The van der Waals surface area contributed by atoms with Crippen LogP contribution in [0.25, 0.3) is 0 Å². The zero-order chi connectivity index (χ0) is 26.9. The van der Waals surface area contributed by atoms with Crippen LogP contribution in [0.3, 0.4) is 0 Å². The van der Waals surface area contributed by atoms with Crippen LogP contribution in [0, 0.1) is 5.92 Å². The molecule has 1 aliphatic heterocycles. The van der Waals surface area contributed by atoms with Crippen molar-refractivity contribution < 1.29 is 22.7 Å². The van der Waals surface area contributed by atoms with E-state index >= 15 is 0 Å². The summed E-state index contributed by atoms with van der Waals surface area (Å²) in [6.45, 7) is 0.291.